The molecule has 1 amide bonds. The van der Waals surface area contributed by atoms with Gasteiger partial charge in [0.15, 0.2) is 0 Å². The Labute approximate surface area is 212 Å². The van der Waals surface area contributed by atoms with Crippen LogP contribution in [0.1, 0.15) is 5.56 Å². The van der Waals surface area contributed by atoms with Gasteiger partial charge in [-0.1, -0.05) is 65.8 Å². The van der Waals surface area contributed by atoms with Crippen LogP contribution in [0.25, 0.3) is 0 Å². The predicted molar refractivity (Wildman–Crippen MR) is 136 cm³/mol. The van der Waals surface area contributed by atoms with Gasteiger partial charge >= 0.3 is 11.9 Å². The zero-order valence-corrected chi connectivity index (χ0v) is 20.4. The SMILES string of the molecule is CN(Cc1ccccc1)C(=O)CN1c2ccccc2Sc2ccc(Cl)cc21.O=C(O)/C=C/C(=O)O. The molecule has 3 aromatic carbocycles. The standard InChI is InChI=1S/C22H19ClN2OS.C4H4O4/c1-24(14-16-7-3-2-4-8-16)22(26)15-25-18-9-5-6-10-20(18)27-21-12-11-17(23)13-19(21)25;5-3(6)1-2-4(7)8/h2-13H,14-15H2,1H3;1-2H,(H,5,6)(H,7,8)/b;2-1+. The third-order valence-corrected chi connectivity index (χ3v) is 6.30. The van der Waals surface area contributed by atoms with Crippen LogP contribution in [0, 0.1) is 0 Å². The number of carbonyl (C=O) groups excluding carboxylic acids is 1. The Balaban J connectivity index is 0.000000371. The predicted octanol–water partition coefficient (Wildman–Crippen LogP) is 5.31. The van der Waals surface area contributed by atoms with Gasteiger partial charge < -0.3 is 20.0 Å². The highest BCUT2D eigenvalue weighted by Gasteiger charge is 2.26. The number of fused-ring (bicyclic) bond motifs is 2. The van der Waals surface area contributed by atoms with Gasteiger partial charge in [-0.2, -0.15) is 0 Å². The first-order chi connectivity index (χ1) is 16.7. The molecule has 0 saturated heterocycles. The summed E-state index contributed by atoms with van der Waals surface area (Å²) in [5, 5.41) is 16.3. The molecular weight excluding hydrogens is 488 g/mol. The van der Waals surface area contributed by atoms with Gasteiger partial charge in [-0.3, -0.25) is 4.79 Å². The molecule has 1 heterocycles. The summed E-state index contributed by atoms with van der Waals surface area (Å²) in [6, 6.07) is 24.0. The van der Waals surface area contributed by atoms with E-state index in [1.807, 2.05) is 67.7 Å². The molecule has 35 heavy (non-hydrogen) atoms. The van der Waals surface area contributed by atoms with E-state index in [-0.39, 0.29) is 12.5 Å². The van der Waals surface area contributed by atoms with Crippen LogP contribution in [0.3, 0.4) is 0 Å². The minimum absolute atomic E-state index is 0.0616. The Morgan fingerprint density at radius 2 is 1.49 bits per heavy atom. The van der Waals surface area contributed by atoms with Crippen molar-refractivity contribution >= 4 is 52.6 Å². The van der Waals surface area contributed by atoms with Crippen molar-refractivity contribution in [1.82, 2.24) is 4.90 Å². The summed E-state index contributed by atoms with van der Waals surface area (Å²) in [5.41, 5.74) is 3.14. The van der Waals surface area contributed by atoms with Crippen LogP contribution in [0.2, 0.25) is 5.02 Å². The van der Waals surface area contributed by atoms with E-state index < -0.39 is 11.9 Å². The number of amides is 1. The van der Waals surface area contributed by atoms with Crippen LogP contribution in [0.4, 0.5) is 11.4 Å². The molecule has 9 heteroatoms. The summed E-state index contributed by atoms with van der Waals surface area (Å²) >= 11 is 7.95. The number of likely N-dealkylation sites (N-methyl/N-ethyl adjacent to an activating group) is 1. The maximum atomic E-state index is 13.0. The van der Waals surface area contributed by atoms with Gasteiger partial charge in [-0.05, 0) is 35.9 Å². The molecule has 0 radical (unpaired) electrons. The molecule has 1 aliphatic heterocycles. The first-order valence-corrected chi connectivity index (χ1v) is 11.7. The van der Waals surface area contributed by atoms with Gasteiger partial charge in [0.1, 0.15) is 6.54 Å². The van der Waals surface area contributed by atoms with Gasteiger partial charge in [0.2, 0.25) is 5.91 Å². The number of hydrogen-bond donors (Lipinski definition) is 2. The average Bonchev–Trinajstić information content (AvgIpc) is 2.84. The van der Waals surface area contributed by atoms with Crippen molar-refractivity contribution in [2.24, 2.45) is 0 Å². The van der Waals surface area contributed by atoms with Crippen LogP contribution in [0.5, 0.6) is 0 Å². The first kappa shape index (κ1) is 25.9. The fourth-order valence-corrected chi connectivity index (χ4v) is 4.56. The Hall–Kier alpha value is -3.75. The number of rotatable bonds is 6. The van der Waals surface area contributed by atoms with E-state index in [2.05, 4.69) is 17.0 Å². The number of carbonyl (C=O) groups is 3. The highest BCUT2D eigenvalue weighted by Crippen LogP contribution is 2.48. The van der Waals surface area contributed by atoms with Crippen LogP contribution in [-0.4, -0.2) is 46.6 Å². The molecule has 3 aromatic rings. The summed E-state index contributed by atoms with van der Waals surface area (Å²) < 4.78 is 0. The van der Waals surface area contributed by atoms with Crippen molar-refractivity contribution in [3.8, 4) is 0 Å². The molecule has 180 valence electrons. The van der Waals surface area contributed by atoms with Crippen molar-refractivity contribution in [3.63, 3.8) is 0 Å². The Kier molecular flexibility index (Phi) is 8.94. The molecular formula is C26H23ClN2O5S. The molecule has 0 spiro atoms. The lowest BCUT2D eigenvalue weighted by Crippen LogP contribution is -2.37. The van der Waals surface area contributed by atoms with Crippen LogP contribution < -0.4 is 4.90 Å². The summed E-state index contributed by atoms with van der Waals surface area (Å²) in [4.78, 5) is 38.2. The molecule has 0 bridgehead atoms. The fraction of sp³-hybridized carbons (Fsp3) is 0.115. The van der Waals surface area contributed by atoms with Crippen LogP contribution >= 0.6 is 23.4 Å². The molecule has 0 aromatic heterocycles. The number of anilines is 2. The van der Waals surface area contributed by atoms with Crippen molar-refractivity contribution < 1.29 is 24.6 Å². The van der Waals surface area contributed by atoms with Gasteiger partial charge in [0.05, 0.1) is 11.4 Å². The lowest BCUT2D eigenvalue weighted by atomic mass is 10.2. The maximum absolute atomic E-state index is 13.0. The van der Waals surface area contributed by atoms with Crippen molar-refractivity contribution in [2.75, 3.05) is 18.5 Å². The van der Waals surface area contributed by atoms with Crippen LogP contribution in [0.15, 0.2) is 94.7 Å². The third kappa shape index (κ3) is 7.37. The molecule has 0 unspecified atom stereocenters. The van der Waals surface area contributed by atoms with E-state index in [0.717, 1.165) is 26.7 Å². The van der Waals surface area contributed by atoms with E-state index >= 15 is 0 Å². The minimum Gasteiger partial charge on any atom is -0.478 e. The van der Waals surface area contributed by atoms with E-state index in [4.69, 9.17) is 21.8 Å². The average molecular weight is 511 g/mol. The molecule has 1 aliphatic rings. The van der Waals surface area contributed by atoms with E-state index in [1.165, 1.54) is 0 Å². The van der Waals surface area contributed by atoms with Crippen molar-refractivity contribution in [3.05, 3.63) is 95.5 Å². The topological polar surface area (TPSA) is 98.2 Å². The van der Waals surface area contributed by atoms with Gasteiger partial charge in [-0.25, -0.2) is 9.59 Å². The molecule has 7 nitrogen and oxygen atoms in total. The Morgan fingerprint density at radius 3 is 2.14 bits per heavy atom. The summed E-state index contributed by atoms with van der Waals surface area (Å²) in [6.45, 7) is 0.862. The number of halogens is 1. The summed E-state index contributed by atoms with van der Waals surface area (Å²) in [5.74, 6) is -2.45. The minimum atomic E-state index is -1.26. The number of nitrogens with zero attached hydrogens (tertiary/aromatic N) is 2. The van der Waals surface area contributed by atoms with E-state index in [0.29, 0.717) is 23.7 Å². The fourth-order valence-electron chi connectivity index (χ4n) is 3.32. The Morgan fingerprint density at radius 1 is 0.886 bits per heavy atom. The monoisotopic (exact) mass is 510 g/mol. The maximum Gasteiger partial charge on any atom is 0.328 e. The summed E-state index contributed by atoms with van der Waals surface area (Å²) in [6.07, 6.45) is 1.12. The van der Waals surface area contributed by atoms with Crippen molar-refractivity contribution in [1.29, 1.82) is 0 Å². The quantitative estimate of drug-likeness (QED) is 0.433. The van der Waals surface area contributed by atoms with E-state index in [9.17, 15) is 14.4 Å². The van der Waals surface area contributed by atoms with Crippen LogP contribution in [-0.2, 0) is 20.9 Å². The largest absolute Gasteiger partial charge is 0.478 e. The Bertz CT molecular complexity index is 1230. The van der Waals surface area contributed by atoms with Gasteiger partial charge in [0.25, 0.3) is 0 Å². The smallest absolute Gasteiger partial charge is 0.328 e. The molecule has 0 saturated carbocycles. The second-order valence-electron chi connectivity index (χ2n) is 7.51. The molecule has 0 atom stereocenters. The normalized spacial score (nSPS) is 11.7. The molecule has 0 fully saturated rings. The number of aliphatic carboxylic acids is 2. The number of hydrogen-bond acceptors (Lipinski definition) is 5. The number of carboxylic acid groups (broad SMARTS) is 2. The highest BCUT2D eigenvalue weighted by molar-refractivity contribution is 7.99. The lowest BCUT2D eigenvalue weighted by molar-refractivity contribution is -0.134. The second-order valence-corrected chi connectivity index (χ2v) is 9.03. The van der Waals surface area contributed by atoms with Crippen molar-refractivity contribution in [2.45, 2.75) is 16.3 Å². The molecule has 0 aliphatic carbocycles. The first-order valence-electron chi connectivity index (χ1n) is 10.5. The van der Waals surface area contributed by atoms with Gasteiger partial charge in [-0.15, -0.1) is 0 Å². The lowest BCUT2D eigenvalue weighted by Gasteiger charge is -2.33. The second kappa shape index (κ2) is 12.1. The third-order valence-electron chi connectivity index (χ3n) is 4.94. The highest BCUT2D eigenvalue weighted by atomic mass is 35.5. The zero-order chi connectivity index (χ0) is 25.4. The zero-order valence-electron chi connectivity index (χ0n) is 18.8. The summed E-state index contributed by atoms with van der Waals surface area (Å²) in [7, 11) is 1.85. The number of benzene rings is 3. The number of carboxylic acids is 2. The number of para-hydroxylation sites is 1. The van der Waals surface area contributed by atoms with E-state index in [1.54, 1.807) is 16.7 Å². The van der Waals surface area contributed by atoms with Gasteiger partial charge in [0, 0.05) is 40.6 Å². The molecule has 2 N–H and O–H groups in total. The molecule has 4 rings (SSSR count).